The quantitative estimate of drug-likeness (QED) is 0.917. The lowest BCUT2D eigenvalue weighted by Gasteiger charge is -2.24. The van der Waals surface area contributed by atoms with Gasteiger partial charge in [0, 0.05) is 17.8 Å². The monoisotopic (exact) mass is 328 g/mol. The van der Waals surface area contributed by atoms with E-state index in [1.165, 1.54) is 5.56 Å². The number of nitrogens with one attached hydrogen (secondary N) is 1. The van der Waals surface area contributed by atoms with Crippen molar-refractivity contribution in [3.8, 4) is 0 Å². The molecule has 0 aliphatic carbocycles. The predicted octanol–water partition coefficient (Wildman–Crippen LogP) is 2.86. The summed E-state index contributed by atoms with van der Waals surface area (Å²) in [6, 6.07) is 11.7. The fraction of sp³-hybridized carbons (Fsp3) is 0.333. The van der Waals surface area contributed by atoms with Crippen molar-refractivity contribution in [2.75, 3.05) is 0 Å². The summed E-state index contributed by atoms with van der Waals surface area (Å²) in [5, 5.41) is 4.94. The average molecular weight is 328 g/mol. The van der Waals surface area contributed by atoms with Crippen LogP contribution in [0.3, 0.4) is 0 Å². The van der Waals surface area contributed by atoms with Gasteiger partial charge in [0.2, 0.25) is 11.8 Å². The van der Waals surface area contributed by atoms with E-state index in [0.29, 0.717) is 25.9 Å². The molecule has 120 valence electrons. The molecule has 1 atom stereocenters. The van der Waals surface area contributed by atoms with E-state index in [2.05, 4.69) is 5.32 Å². The van der Waals surface area contributed by atoms with E-state index in [4.69, 9.17) is 0 Å². The third kappa shape index (κ3) is 3.79. The van der Waals surface area contributed by atoms with Crippen molar-refractivity contribution in [1.29, 1.82) is 0 Å². The first-order chi connectivity index (χ1) is 11.1. The number of benzene rings is 1. The number of carbonyl (C=O) groups excluding carboxylic acids is 2. The standard InChI is InChI=1S/C18H20N2O2S/c1-13-4-6-14(7-5-13)12-20-16(8-9-17(20)21)18(22)19-11-15-3-2-10-23-15/h2-7,10,16H,8-9,11-12H2,1H3,(H,19,22)/t16-/m0/s1. The number of hydrogen-bond donors (Lipinski definition) is 1. The van der Waals surface area contributed by atoms with Crippen LogP contribution in [0.4, 0.5) is 0 Å². The minimum Gasteiger partial charge on any atom is -0.349 e. The average Bonchev–Trinajstić information content (AvgIpc) is 3.18. The molecule has 23 heavy (non-hydrogen) atoms. The lowest BCUT2D eigenvalue weighted by Crippen LogP contribution is -2.44. The molecule has 1 N–H and O–H groups in total. The third-order valence-electron chi connectivity index (χ3n) is 4.12. The minimum atomic E-state index is -0.358. The van der Waals surface area contributed by atoms with Gasteiger partial charge in [-0.1, -0.05) is 35.9 Å². The van der Waals surface area contributed by atoms with Crippen LogP contribution >= 0.6 is 11.3 Å². The summed E-state index contributed by atoms with van der Waals surface area (Å²) in [5.41, 5.74) is 2.24. The van der Waals surface area contributed by atoms with E-state index >= 15 is 0 Å². The summed E-state index contributed by atoms with van der Waals surface area (Å²) < 4.78 is 0. The summed E-state index contributed by atoms with van der Waals surface area (Å²) in [5.74, 6) is -0.00166. The van der Waals surface area contributed by atoms with E-state index in [1.807, 2.05) is 48.7 Å². The lowest BCUT2D eigenvalue weighted by atomic mass is 10.1. The number of nitrogens with zero attached hydrogens (tertiary/aromatic N) is 1. The molecular formula is C18H20N2O2S. The number of aryl methyl sites for hydroxylation is 1. The Morgan fingerprint density at radius 2 is 2.09 bits per heavy atom. The molecule has 0 unspecified atom stereocenters. The zero-order valence-electron chi connectivity index (χ0n) is 13.1. The van der Waals surface area contributed by atoms with Gasteiger partial charge in [-0.3, -0.25) is 9.59 Å². The van der Waals surface area contributed by atoms with E-state index in [-0.39, 0.29) is 17.9 Å². The van der Waals surface area contributed by atoms with Crippen molar-refractivity contribution in [2.24, 2.45) is 0 Å². The molecular weight excluding hydrogens is 308 g/mol. The summed E-state index contributed by atoms with van der Waals surface area (Å²) in [6.07, 6.45) is 1.05. The van der Waals surface area contributed by atoms with Crippen LogP contribution in [0.1, 0.15) is 28.8 Å². The topological polar surface area (TPSA) is 49.4 Å². The molecule has 2 aromatic rings. The molecule has 0 saturated carbocycles. The van der Waals surface area contributed by atoms with E-state index in [0.717, 1.165) is 10.4 Å². The molecule has 1 aromatic heterocycles. The van der Waals surface area contributed by atoms with Gasteiger partial charge in [-0.2, -0.15) is 0 Å². The van der Waals surface area contributed by atoms with Crippen LogP contribution in [0, 0.1) is 6.92 Å². The van der Waals surface area contributed by atoms with Crippen LogP contribution in [-0.4, -0.2) is 22.8 Å². The Morgan fingerprint density at radius 3 is 2.78 bits per heavy atom. The maximum atomic E-state index is 12.4. The molecule has 4 nitrogen and oxygen atoms in total. The van der Waals surface area contributed by atoms with Crippen molar-refractivity contribution in [2.45, 2.75) is 38.9 Å². The van der Waals surface area contributed by atoms with Crippen molar-refractivity contribution in [3.63, 3.8) is 0 Å². The highest BCUT2D eigenvalue weighted by Gasteiger charge is 2.35. The van der Waals surface area contributed by atoms with E-state index < -0.39 is 0 Å². The van der Waals surface area contributed by atoms with Crippen molar-refractivity contribution in [1.82, 2.24) is 10.2 Å². The second kappa shape index (κ2) is 6.96. The molecule has 1 saturated heterocycles. The molecule has 0 bridgehead atoms. The minimum absolute atomic E-state index is 0.0573. The lowest BCUT2D eigenvalue weighted by molar-refractivity contribution is -0.135. The Bertz CT molecular complexity index is 680. The van der Waals surface area contributed by atoms with Crippen LogP contribution in [0.15, 0.2) is 41.8 Å². The second-order valence-electron chi connectivity index (χ2n) is 5.86. The van der Waals surface area contributed by atoms with Crippen LogP contribution in [0.25, 0.3) is 0 Å². The molecule has 3 rings (SSSR count). The fourth-order valence-electron chi connectivity index (χ4n) is 2.80. The van der Waals surface area contributed by atoms with Crippen LogP contribution in [0.2, 0.25) is 0 Å². The molecule has 1 aliphatic rings. The van der Waals surface area contributed by atoms with Crippen molar-refractivity contribution in [3.05, 3.63) is 57.8 Å². The highest BCUT2D eigenvalue weighted by Crippen LogP contribution is 2.22. The van der Waals surface area contributed by atoms with Gasteiger partial charge in [0.25, 0.3) is 0 Å². The van der Waals surface area contributed by atoms with Gasteiger partial charge in [0.05, 0.1) is 6.54 Å². The van der Waals surface area contributed by atoms with Crippen molar-refractivity contribution >= 4 is 23.2 Å². The Balaban J connectivity index is 1.64. The number of rotatable bonds is 5. The second-order valence-corrected chi connectivity index (χ2v) is 6.89. The predicted molar refractivity (Wildman–Crippen MR) is 90.9 cm³/mol. The SMILES string of the molecule is Cc1ccc(CN2C(=O)CC[C@H]2C(=O)NCc2cccs2)cc1. The smallest absolute Gasteiger partial charge is 0.243 e. The van der Waals surface area contributed by atoms with Crippen LogP contribution < -0.4 is 5.32 Å². The van der Waals surface area contributed by atoms with Gasteiger partial charge < -0.3 is 10.2 Å². The zero-order valence-corrected chi connectivity index (χ0v) is 13.9. The van der Waals surface area contributed by atoms with Gasteiger partial charge in [0.15, 0.2) is 0 Å². The maximum absolute atomic E-state index is 12.4. The molecule has 2 amide bonds. The number of likely N-dealkylation sites (tertiary alicyclic amines) is 1. The molecule has 0 radical (unpaired) electrons. The van der Waals surface area contributed by atoms with Gasteiger partial charge >= 0.3 is 0 Å². The van der Waals surface area contributed by atoms with Crippen LogP contribution in [0.5, 0.6) is 0 Å². The Kier molecular flexibility index (Phi) is 4.76. The summed E-state index contributed by atoms with van der Waals surface area (Å²) >= 11 is 1.62. The van der Waals surface area contributed by atoms with Gasteiger partial charge in [-0.05, 0) is 30.4 Å². The largest absolute Gasteiger partial charge is 0.349 e. The summed E-state index contributed by atoms with van der Waals surface area (Å²) in [7, 11) is 0. The molecule has 0 spiro atoms. The number of amides is 2. The number of thiophene rings is 1. The summed E-state index contributed by atoms with van der Waals surface area (Å²) in [6.45, 7) is 3.06. The van der Waals surface area contributed by atoms with Crippen molar-refractivity contribution < 1.29 is 9.59 Å². The number of hydrogen-bond acceptors (Lipinski definition) is 3. The molecule has 1 aromatic carbocycles. The summed E-state index contributed by atoms with van der Waals surface area (Å²) in [4.78, 5) is 27.4. The normalized spacial score (nSPS) is 17.5. The first-order valence-electron chi connectivity index (χ1n) is 7.78. The molecule has 2 heterocycles. The zero-order chi connectivity index (χ0) is 16.2. The molecule has 5 heteroatoms. The molecule has 1 aliphatic heterocycles. The van der Waals surface area contributed by atoms with Gasteiger partial charge in [-0.15, -0.1) is 11.3 Å². The third-order valence-corrected chi connectivity index (χ3v) is 5.00. The maximum Gasteiger partial charge on any atom is 0.243 e. The first kappa shape index (κ1) is 15.7. The Labute approximate surface area is 140 Å². The highest BCUT2D eigenvalue weighted by molar-refractivity contribution is 7.09. The number of carbonyl (C=O) groups is 2. The van der Waals surface area contributed by atoms with E-state index in [9.17, 15) is 9.59 Å². The Morgan fingerprint density at radius 1 is 1.30 bits per heavy atom. The van der Waals surface area contributed by atoms with Gasteiger partial charge in [-0.25, -0.2) is 0 Å². The highest BCUT2D eigenvalue weighted by atomic mass is 32.1. The Hall–Kier alpha value is -2.14. The van der Waals surface area contributed by atoms with Crippen LogP contribution in [-0.2, 0) is 22.7 Å². The first-order valence-corrected chi connectivity index (χ1v) is 8.66. The van der Waals surface area contributed by atoms with Gasteiger partial charge in [0.1, 0.15) is 6.04 Å². The fourth-order valence-corrected chi connectivity index (χ4v) is 3.44. The van der Waals surface area contributed by atoms with E-state index in [1.54, 1.807) is 16.2 Å². The molecule has 1 fully saturated rings.